The molecule has 1 N–H and O–H groups in total. The highest BCUT2D eigenvalue weighted by atomic mass is 16.5. The smallest absolute Gasteiger partial charge is 0.409 e. The van der Waals surface area contributed by atoms with Crippen molar-refractivity contribution in [2.75, 3.05) is 27.2 Å². The van der Waals surface area contributed by atoms with Crippen molar-refractivity contribution in [1.29, 1.82) is 0 Å². The van der Waals surface area contributed by atoms with Crippen molar-refractivity contribution in [2.24, 2.45) is 0 Å². The zero-order valence-electron chi connectivity index (χ0n) is 18.9. The average Bonchev–Trinajstić information content (AvgIpc) is 3.15. The van der Waals surface area contributed by atoms with Gasteiger partial charge in [0.2, 0.25) is 0 Å². The molecule has 0 atom stereocenters. The molecule has 1 aliphatic rings. The summed E-state index contributed by atoms with van der Waals surface area (Å²) in [4.78, 5) is 30.5. The van der Waals surface area contributed by atoms with Crippen LogP contribution in [0.2, 0.25) is 0 Å². The lowest BCUT2D eigenvalue weighted by molar-refractivity contribution is 0.0963. The number of ether oxygens (including phenoxy) is 1. The van der Waals surface area contributed by atoms with Crippen molar-refractivity contribution in [2.45, 2.75) is 26.7 Å². The molecule has 1 aromatic carbocycles. The third-order valence-electron chi connectivity index (χ3n) is 5.97. The number of rotatable bonds is 3. The van der Waals surface area contributed by atoms with Crippen LogP contribution in [-0.2, 0) is 4.74 Å². The molecule has 7 nitrogen and oxygen atoms in total. The van der Waals surface area contributed by atoms with Crippen molar-refractivity contribution in [3.8, 4) is 11.3 Å². The minimum Gasteiger partial charge on any atom is -0.453 e. The molecule has 3 aromatic rings. The van der Waals surface area contributed by atoms with E-state index >= 15 is 0 Å². The lowest BCUT2D eigenvalue weighted by Gasteiger charge is -2.27. The van der Waals surface area contributed by atoms with Gasteiger partial charge >= 0.3 is 6.09 Å². The number of hydrogen-bond donors (Lipinski definition) is 1. The van der Waals surface area contributed by atoms with Crippen LogP contribution in [0.4, 0.5) is 4.79 Å². The van der Waals surface area contributed by atoms with Gasteiger partial charge in [0.1, 0.15) is 5.65 Å². The Morgan fingerprint density at radius 3 is 2.53 bits per heavy atom. The van der Waals surface area contributed by atoms with Gasteiger partial charge in [-0.05, 0) is 68.2 Å². The fraction of sp³-hybridized carbons (Fsp3) is 0.320. The van der Waals surface area contributed by atoms with Crippen LogP contribution < -0.4 is 5.32 Å². The van der Waals surface area contributed by atoms with E-state index in [0.29, 0.717) is 18.7 Å². The number of carbonyl (C=O) groups excluding carboxylic acids is 2. The number of imidazole rings is 1. The molecule has 0 bridgehead atoms. The number of aromatic nitrogens is 2. The number of pyridine rings is 1. The van der Waals surface area contributed by atoms with Crippen LogP contribution in [0.15, 0.2) is 42.1 Å². The molecular weight excluding hydrogens is 404 g/mol. The number of carbonyl (C=O) groups is 2. The number of nitrogens with one attached hydrogen (secondary N) is 1. The van der Waals surface area contributed by atoms with Crippen LogP contribution in [0.25, 0.3) is 23.0 Å². The normalized spacial score (nSPS) is 13.9. The third-order valence-corrected chi connectivity index (χ3v) is 5.97. The highest BCUT2D eigenvalue weighted by molar-refractivity contribution is 5.95. The first-order valence-corrected chi connectivity index (χ1v) is 10.8. The van der Waals surface area contributed by atoms with Gasteiger partial charge in [-0.1, -0.05) is 11.6 Å². The maximum atomic E-state index is 12.0. The lowest BCUT2D eigenvalue weighted by Crippen LogP contribution is -2.36. The summed E-state index contributed by atoms with van der Waals surface area (Å²) in [5.74, 6) is -0.106. The molecule has 2 aromatic heterocycles. The molecule has 0 aliphatic carbocycles. The number of hydrogen-bond acceptors (Lipinski definition) is 4. The third kappa shape index (κ3) is 4.10. The zero-order chi connectivity index (χ0) is 22.8. The Morgan fingerprint density at radius 1 is 1.12 bits per heavy atom. The molecule has 0 radical (unpaired) electrons. The largest absolute Gasteiger partial charge is 0.453 e. The maximum absolute atomic E-state index is 12.0. The lowest BCUT2D eigenvalue weighted by atomic mass is 9.98. The Kier molecular flexibility index (Phi) is 5.99. The van der Waals surface area contributed by atoms with Gasteiger partial charge in [-0.2, -0.15) is 0 Å². The second-order valence-corrected chi connectivity index (χ2v) is 8.15. The number of aryl methyl sites for hydroxylation is 2. The van der Waals surface area contributed by atoms with E-state index in [1.165, 1.54) is 12.7 Å². The maximum Gasteiger partial charge on any atom is 0.409 e. The standard InChI is InChI=1S/C25H28N4O3/c1-16-7-12-29-21(15-18-8-10-28(11-9-18)25(31)32-4)23(27-22(29)13-16)20-6-5-19(14-17(20)2)24(30)26-3/h5-7,12-15H,8-11H2,1-4H3,(H,26,30). The summed E-state index contributed by atoms with van der Waals surface area (Å²) in [5.41, 5.74) is 7.82. The van der Waals surface area contributed by atoms with E-state index in [1.54, 1.807) is 11.9 Å². The van der Waals surface area contributed by atoms with Crippen LogP contribution in [0.1, 0.15) is 40.0 Å². The van der Waals surface area contributed by atoms with Crippen LogP contribution in [0.5, 0.6) is 0 Å². The Morgan fingerprint density at radius 2 is 1.88 bits per heavy atom. The van der Waals surface area contributed by atoms with E-state index in [0.717, 1.165) is 46.6 Å². The second-order valence-electron chi connectivity index (χ2n) is 8.15. The number of likely N-dealkylation sites (tertiary alicyclic amines) is 1. The van der Waals surface area contributed by atoms with E-state index < -0.39 is 0 Å². The summed E-state index contributed by atoms with van der Waals surface area (Å²) < 4.78 is 6.95. The molecule has 2 amide bonds. The van der Waals surface area contributed by atoms with Gasteiger partial charge in [-0.3, -0.25) is 9.20 Å². The van der Waals surface area contributed by atoms with E-state index in [4.69, 9.17) is 9.72 Å². The first-order valence-electron chi connectivity index (χ1n) is 10.8. The van der Waals surface area contributed by atoms with Crippen molar-refractivity contribution in [3.63, 3.8) is 0 Å². The molecule has 0 spiro atoms. The molecule has 3 heterocycles. The summed E-state index contributed by atoms with van der Waals surface area (Å²) in [6.07, 6.45) is 5.56. The van der Waals surface area contributed by atoms with Crippen molar-refractivity contribution in [3.05, 3.63) is 64.5 Å². The van der Waals surface area contributed by atoms with E-state index in [1.807, 2.05) is 31.3 Å². The average molecular weight is 433 g/mol. The highest BCUT2D eigenvalue weighted by Gasteiger charge is 2.21. The molecule has 7 heteroatoms. The summed E-state index contributed by atoms with van der Waals surface area (Å²) in [6, 6.07) is 9.84. The first-order chi connectivity index (χ1) is 15.4. The molecule has 0 unspecified atom stereocenters. The number of benzene rings is 1. The van der Waals surface area contributed by atoms with Crippen LogP contribution in [0.3, 0.4) is 0 Å². The Labute approximate surface area is 187 Å². The summed E-state index contributed by atoms with van der Waals surface area (Å²) >= 11 is 0. The van der Waals surface area contributed by atoms with E-state index in [9.17, 15) is 9.59 Å². The number of nitrogens with zero attached hydrogens (tertiary/aromatic N) is 3. The molecule has 1 fully saturated rings. The minimum absolute atomic E-state index is 0.106. The van der Waals surface area contributed by atoms with E-state index in [2.05, 4.69) is 34.8 Å². The van der Waals surface area contributed by atoms with Crippen molar-refractivity contribution < 1.29 is 14.3 Å². The number of fused-ring (bicyclic) bond motifs is 1. The van der Waals surface area contributed by atoms with Crippen LogP contribution in [-0.4, -0.2) is 53.5 Å². The molecule has 32 heavy (non-hydrogen) atoms. The fourth-order valence-corrected chi connectivity index (χ4v) is 4.16. The zero-order valence-corrected chi connectivity index (χ0v) is 18.9. The SMILES string of the molecule is CNC(=O)c1ccc(-c2nc3cc(C)ccn3c2C=C2CCN(C(=O)OC)CC2)c(C)c1. The molecule has 4 rings (SSSR count). The number of amides is 2. The van der Waals surface area contributed by atoms with E-state index in [-0.39, 0.29) is 12.0 Å². The van der Waals surface area contributed by atoms with Crippen LogP contribution in [0, 0.1) is 13.8 Å². The van der Waals surface area contributed by atoms with Gasteiger partial charge in [0.25, 0.3) is 5.91 Å². The Hall–Kier alpha value is -3.61. The summed E-state index contributed by atoms with van der Waals surface area (Å²) in [7, 11) is 3.05. The predicted octanol–water partition coefficient (Wildman–Crippen LogP) is 4.22. The fourth-order valence-electron chi connectivity index (χ4n) is 4.16. The summed E-state index contributed by atoms with van der Waals surface area (Å²) in [5, 5.41) is 2.67. The molecule has 1 saturated heterocycles. The van der Waals surface area contributed by atoms with Crippen LogP contribution >= 0.6 is 0 Å². The van der Waals surface area contributed by atoms with Gasteiger partial charge < -0.3 is 15.0 Å². The van der Waals surface area contributed by atoms with Gasteiger partial charge in [0, 0.05) is 37.5 Å². The number of methoxy groups -OCH3 is 1. The molecule has 166 valence electrons. The highest BCUT2D eigenvalue weighted by Crippen LogP contribution is 2.31. The molecule has 1 aliphatic heterocycles. The minimum atomic E-state index is -0.276. The molecular formula is C25H28N4O3. The quantitative estimate of drug-likeness (QED) is 0.672. The van der Waals surface area contributed by atoms with Gasteiger partial charge in [-0.25, -0.2) is 9.78 Å². The van der Waals surface area contributed by atoms with Gasteiger partial charge in [-0.15, -0.1) is 0 Å². The first kappa shape index (κ1) is 21.6. The second kappa shape index (κ2) is 8.86. The van der Waals surface area contributed by atoms with Gasteiger partial charge in [0.05, 0.1) is 18.5 Å². The summed E-state index contributed by atoms with van der Waals surface area (Å²) in [6.45, 7) is 5.34. The monoisotopic (exact) mass is 432 g/mol. The Balaban J connectivity index is 1.77. The Bertz CT molecular complexity index is 1220. The van der Waals surface area contributed by atoms with Crippen molar-refractivity contribution >= 4 is 23.7 Å². The van der Waals surface area contributed by atoms with Crippen molar-refractivity contribution in [1.82, 2.24) is 19.6 Å². The van der Waals surface area contributed by atoms with Gasteiger partial charge in [0.15, 0.2) is 0 Å². The topological polar surface area (TPSA) is 75.9 Å². The number of piperidine rings is 1. The molecule has 0 saturated carbocycles. The predicted molar refractivity (Wildman–Crippen MR) is 125 cm³/mol.